The number of rotatable bonds is 8. The third-order valence-corrected chi connectivity index (χ3v) is 2.73. The molecule has 1 rings (SSSR count). The molecule has 6 heteroatoms. The van der Waals surface area contributed by atoms with Crippen LogP contribution >= 0.6 is 0 Å². The van der Waals surface area contributed by atoms with Crippen LogP contribution in [0.25, 0.3) is 0 Å². The maximum atomic E-state index is 10.8. The maximum Gasteiger partial charge on any atom is 0.303 e. The van der Waals surface area contributed by atoms with Crippen molar-refractivity contribution in [2.24, 2.45) is 0 Å². The standard InChI is InChI=1S/C13H18N2O4/c1-10-6-7-12(15(18)19)11(9-10)14-8-4-2-3-5-13(16)17/h6-7,9,14H,2-5,8H2,1H3,(H,16,17). The van der Waals surface area contributed by atoms with Gasteiger partial charge in [-0.1, -0.05) is 12.5 Å². The van der Waals surface area contributed by atoms with Gasteiger partial charge in [0.15, 0.2) is 0 Å². The lowest BCUT2D eigenvalue weighted by Crippen LogP contribution is -2.05. The number of nitro groups is 1. The second-order valence-corrected chi connectivity index (χ2v) is 4.41. The Kier molecular flexibility index (Phi) is 5.78. The minimum Gasteiger partial charge on any atom is -0.481 e. The highest BCUT2D eigenvalue weighted by Gasteiger charge is 2.12. The molecule has 0 amide bonds. The number of hydrogen-bond acceptors (Lipinski definition) is 4. The summed E-state index contributed by atoms with van der Waals surface area (Å²) in [7, 11) is 0. The van der Waals surface area contributed by atoms with E-state index in [0.717, 1.165) is 18.4 Å². The van der Waals surface area contributed by atoms with Gasteiger partial charge in [-0.25, -0.2) is 0 Å². The van der Waals surface area contributed by atoms with E-state index in [9.17, 15) is 14.9 Å². The van der Waals surface area contributed by atoms with Crippen molar-refractivity contribution in [3.63, 3.8) is 0 Å². The number of anilines is 1. The molecule has 104 valence electrons. The quantitative estimate of drug-likeness (QED) is 0.428. The Hall–Kier alpha value is -2.11. The largest absolute Gasteiger partial charge is 0.481 e. The summed E-state index contributed by atoms with van der Waals surface area (Å²) in [4.78, 5) is 20.8. The Labute approximate surface area is 111 Å². The van der Waals surface area contributed by atoms with Crippen molar-refractivity contribution in [1.82, 2.24) is 0 Å². The van der Waals surface area contributed by atoms with Gasteiger partial charge >= 0.3 is 5.97 Å². The summed E-state index contributed by atoms with van der Waals surface area (Å²) in [5.74, 6) is -0.790. The van der Waals surface area contributed by atoms with E-state index in [1.165, 1.54) is 6.07 Å². The van der Waals surface area contributed by atoms with E-state index in [1.54, 1.807) is 12.1 Å². The summed E-state index contributed by atoms with van der Waals surface area (Å²) in [5, 5.41) is 22.4. The van der Waals surface area contributed by atoms with Crippen LogP contribution in [0.15, 0.2) is 18.2 Å². The predicted molar refractivity (Wildman–Crippen MR) is 72.4 cm³/mol. The van der Waals surface area contributed by atoms with E-state index in [4.69, 9.17) is 5.11 Å². The highest BCUT2D eigenvalue weighted by atomic mass is 16.6. The lowest BCUT2D eigenvalue weighted by Gasteiger charge is -2.07. The van der Waals surface area contributed by atoms with Crippen LogP contribution in [-0.2, 0) is 4.79 Å². The molecular weight excluding hydrogens is 248 g/mol. The van der Waals surface area contributed by atoms with Crippen LogP contribution in [0, 0.1) is 17.0 Å². The van der Waals surface area contributed by atoms with E-state index in [-0.39, 0.29) is 12.1 Å². The van der Waals surface area contributed by atoms with E-state index >= 15 is 0 Å². The fourth-order valence-electron chi connectivity index (χ4n) is 1.75. The lowest BCUT2D eigenvalue weighted by atomic mass is 10.1. The minimum absolute atomic E-state index is 0.0659. The monoisotopic (exact) mass is 266 g/mol. The Bertz CT molecular complexity index is 460. The summed E-state index contributed by atoms with van der Waals surface area (Å²) >= 11 is 0. The van der Waals surface area contributed by atoms with Gasteiger partial charge < -0.3 is 10.4 Å². The van der Waals surface area contributed by atoms with E-state index in [0.29, 0.717) is 18.7 Å². The third-order valence-electron chi connectivity index (χ3n) is 2.73. The fraction of sp³-hybridized carbons (Fsp3) is 0.462. The van der Waals surface area contributed by atoms with Crippen LogP contribution in [0.3, 0.4) is 0 Å². The molecule has 6 nitrogen and oxygen atoms in total. The van der Waals surface area contributed by atoms with E-state index < -0.39 is 10.9 Å². The molecule has 0 saturated heterocycles. The summed E-state index contributed by atoms with van der Waals surface area (Å²) in [6.45, 7) is 2.48. The van der Waals surface area contributed by atoms with Gasteiger partial charge in [-0.15, -0.1) is 0 Å². The zero-order chi connectivity index (χ0) is 14.3. The van der Waals surface area contributed by atoms with Gasteiger partial charge in [-0.05, 0) is 31.4 Å². The van der Waals surface area contributed by atoms with Gasteiger partial charge in [0.1, 0.15) is 5.69 Å². The number of nitrogens with zero attached hydrogens (tertiary/aromatic N) is 1. The van der Waals surface area contributed by atoms with Crippen LogP contribution < -0.4 is 5.32 Å². The van der Waals surface area contributed by atoms with Crippen LogP contribution in [-0.4, -0.2) is 22.5 Å². The number of benzene rings is 1. The molecule has 0 unspecified atom stereocenters. The van der Waals surface area contributed by atoms with Gasteiger partial charge in [0.05, 0.1) is 4.92 Å². The zero-order valence-corrected chi connectivity index (χ0v) is 10.9. The molecule has 0 aliphatic rings. The van der Waals surface area contributed by atoms with Crippen molar-refractivity contribution < 1.29 is 14.8 Å². The SMILES string of the molecule is Cc1ccc([N+](=O)[O-])c(NCCCCCC(=O)O)c1. The summed E-state index contributed by atoms with van der Waals surface area (Å²) < 4.78 is 0. The maximum absolute atomic E-state index is 10.8. The number of aryl methyl sites for hydroxylation is 1. The van der Waals surface area contributed by atoms with Gasteiger partial charge in [0.2, 0.25) is 0 Å². The Morgan fingerprint density at radius 1 is 1.37 bits per heavy atom. The van der Waals surface area contributed by atoms with Crippen molar-refractivity contribution in [2.75, 3.05) is 11.9 Å². The molecule has 0 aromatic heterocycles. The number of carbonyl (C=O) groups is 1. The van der Waals surface area contributed by atoms with Crippen LogP contribution in [0.4, 0.5) is 11.4 Å². The first kappa shape index (κ1) is 14.9. The smallest absolute Gasteiger partial charge is 0.303 e. The molecule has 0 aliphatic heterocycles. The first-order valence-corrected chi connectivity index (χ1v) is 6.21. The first-order valence-electron chi connectivity index (χ1n) is 6.21. The number of nitro benzene ring substituents is 1. The zero-order valence-electron chi connectivity index (χ0n) is 10.9. The number of aliphatic carboxylic acids is 1. The Balaban J connectivity index is 2.42. The number of nitrogens with one attached hydrogen (secondary N) is 1. The van der Waals surface area contributed by atoms with Crippen molar-refractivity contribution in [2.45, 2.75) is 32.6 Å². The molecule has 0 saturated carbocycles. The number of unbranched alkanes of at least 4 members (excludes halogenated alkanes) is 2. The third kappa shape index (κ3) is 5.37. The van der Waals surface area contributed by atoms with E-state index in [1.807, 2.05) is 6.92 Å². The van der Waals surface area contributed by atoms with Gasteiger partial charge in [0.25, 0.3) is 5.69 Å². The highest BCUT2D eigenvalue weighted by Crippen LogP contribution is 2.25. The summed E-state index contributed by atoms with van der Waals surface area (Å²) in [6.07, 6.45) is 2.38. The Morgan fingerprint density at radius 3 is 2.74 bits per heavy atom. The molecule has 1 aromatic rings. The highest BCUT2D eigenvalue weighted by molar-refractivity contribution is 5.66. The van der Waals surface area contributed by atoms with Crippen molar-refractivity contribution in [3.05, 3.63) is 33.9 Å². The molecule has 19 heavy (non-hydrogen) atoms. The molecular formula is C13H18N2O4. The second kappa shape index (κ2) is 7.35. The molecule has 0 aliphatic carbocycles. The molecule has 2 N–H and O–H groups in total. The van der Waals surface area contributed by atoms with Crippen LogP contribution in [0.5, 0.6) is 0 Å². The number of carboxylic acid groups (broad SMARTS) is 1. The van der Waals surface area contributed by atoms with Crippen molar-refractivity contribution in [3.8, 4) is 0 Å². The Morgan fingerprint density at radius 2 is 2.11 bits per heavy atom. The molecule has 0 atom stereocenters. The van der Waals surface area contributed by atoms with E-state index in [2.05, 4.69) is 5.32 Å². The van der Waals surface area contributed by atoms with Crippen LogP contribution in [0.1, 0.15) is 31.2 Å². The predicted octanol–water partition coefficient (Wildman–Crippen LogP) is 2.96. The average molecular weight is 266 g/mol. The van der Waals surface area contributed by atoms with Gasteiger partial charge in [-0.3, -0.25) is 14.9 Å². The molecule has 1 aromatic carbocycles. The topological polar surface area (TPSA) is 92.5 Å². The molecule has 0 bridgehead atoms. The summed E-state index contributed by atoms with van der Waals surface area (Å²) in [5.41, 5.74) is 1.54. The number of carboxylic acids is 1. The fourth-order valence-corrected chi connectivity index (χ4v) is 1.75. The minimum atomic E-state index is -0.790. The normalized spacial score (nSPS) is 10.2. The molecule has 0 fully saturated rings. The molecule has 0 spiro atoms. The van der Waals surface area contributed by atoms with Gasteiger partial charge in [-0.2, -0.15) is 0 Å². The second-order valence-electron chi connectivity index (χ2n) is 4.41. The summed E-state index contributed by atoms with van der Waals surface area (Å²) in [6, 6.07) is 4.94. The lowest BCUT2D eigenvalue weighted by molar-refractivity contribution is -0.384. The molecule has 0 heterocycles. The van der Waals surface area contributed by atoms with Crippen molar-refractivity contribution in [1.29, 1.82) is 0 Å². The number of hydrogen-bond donors (Lipinski definition) is 2. The van der Waals surface area contributed by atoms with Crippen molar-refractivity contribution >= 4 is 17.3 Å². The molecule has 0 radical (unpaired) electrons. The van der Waals surface area contributed by atoms with Crippen LogP contribution in [0.2, 0.25) is 0 Å². The average Bonchev–Trinajstić information content (AvgIpc) is 2.33. The van der Waals surface area contributed by atoms with Gasteiger partial charge in [0, 0.05) is 19.0 Å². The first-order chi connectivity index (χ1) is 9.00.